The lowest BCUT2D eigenvalue weighted by Gasteiger charge is -2.41. The molecule has 2 aromatic rings. The first-order valence-electron chi connectivity index (χ1n) is 8.67. The van der Waals surface area contributed by atoms with Crippen molar-refractivity contribution in [1.82, 2.24) is 5.01 Å². The van der Waals surface area contributed by atoms with Gasteiger partial charge in [0.2, 0.25) is 0 Å². The maximum absolute atomic E-state index is 12.9. The molecular weight excluding hydrogens is 352 g/mol. The summed E-state index contributed by atoms with van der Waals surface area (Å²) in [5, 5.41) is 5.20. The number of para-hydroxylation sites is 1. The Labute approximate surface area is 158 Å². The third-order valence-corrected chi connectivity index (χ3v) is 6.02. The average molecular weight is 375 g/mol. The van der Waals surface area contributed by atoms with Gasteiger partial charge in [-0.3, -0.25) is 4.79 Å². The van der Waals surface area contributed by atoms with Crippen molar-refractivity contribution in [2.24, 2.45) is 0 Å². The van der Waals surface area contributed by atoms with Crippen molar-refractivity contribution in [2.75, 3.05) is 24.6 Å². The van der Waals surface area contributed by atoms with Crippen LogP contribution in [0.3, 0.4) is 0 Å². The lowest BCUT2D eigenvalue weighted by Crippen LogP contribution is -2.49. The van der Waals surface area contributed by atoms with Gasteiger partial charge < -0.3 is 5.01 Å². The highest BCUT2D eigenvalue weighted by molar-refractivity contribution is 8.00. The first kappa shape index (κ1) is 18.3. The molecule has 0 bridgehead atoms. The molecule has 5 heteroatoms. The first-order valence-corrected chi connectivity index (χ1v) is 9.93. The Balaban J connectivity index is 1.81. The molecule has 2 aromatic carbocycles. The minimum atomic E-state index is -0.0637. The Morgan fingerprint density at radius 1 is 1.16 bits per heavy atom. The van der Waals surface area contributed by atoms with Crippen LogP contribution in [0, 0.1) is 0 Å². The van der Waals surface area contributed by atoms with E-state index < -0.39 is 0 Å². The number of Topliss-reactive ketones (excluding diaryl/α,β-unsaturated/α-hetero) is 1. The number of hydrogen-bond donors (Lipinski definition) is 0. The molecule has 0 N–H and O–H groups in total. The lowest BCUT2D eigenvalue weighted by atomic mass is 10.1. The number of ketones is 1. The van der Waals surface area contributed by atoms with E-state index >= 15 is 0 Å². The van der Waals surface area contributed by atoms with Crippen LogP contribution in [-0.4, -0.2) is 35.7 Å². The standard InChI is InChI=1S/C20H23ClN2OS/c1-3-22(4-2)23-14-20(25-19-8-6-5-7-17(19)23)18(24)13-15-9-11-16(21)12-10-15/h5-12,20H,3-4,13-14H2,1-2H3. The van der Waals surface area contributed by atoms with Crippen LogP contribution < -0.4 is 5.01 Å². The van der Waals surface area contributed by atoms with E-state index in [1.165, 1.54) is 10.6 Å². The maximum Gasteiger partial charge on any atom is 0.152 e. The molecule has 0 aromatic heterocycles. The van der Waals surface area contributed by atoms with E-state index in [1.54, 1.807) is 11.8 Å². The summed E-state index contributed by atoms with van der Waals surface area (Å²) in [4.78, 5) is 14.1. The fourth-order valence-electron chi connectivity index (χ4n) is 3.13. The van der Waals surface area contributed by atoms with E-state index in [9.17, 15) is 4.79 Å². The van der Waals surface area contributed by atoms with Crippen LogP contribution in [0.1, 0.15) is 19.4 Å². The van der Waals surface area contributed by atoms with Gasteiger partial charge in [-0.2, -0.15) is 0 Å². The molecule has 0 radical (unpaired) electrons. The minimum absolute atomic E-state index is 0.0637. The number of nitrogens with zero attached hydrogens (tertiary/aromatic N) is 2. The summed E-state index contributed by atoms with van der Waals surface area (Å²) in [7, 11) is 0. The predicted molar refractivity (Wildman–Crippen MR) is 107 cm³/mol. The summed E-state index contributed by atoms with van der Waals surface area (Å²) in [6.07, 6.45) is 0.448. The molecule has 1 aliphatic rings. The molecule has 1 aliphatic heterocycles. The van der Waals surface area contributed by atoms with Crippen LogP contribution in [0.4, 0.5) is 5.69 Å². The number of halogens is 1. The molecule has 1 atom stereocenters. The number of rotatable bonds is 6. The number of benzene rings is 2. The number of carbonyl (C=O) groups is 1. The number of thioether (sulfide) groups is 1. The fourth-order valence-corrected chi connectivity index (χ4v) is 4.45. The van der Waals surface area contributed by atoms with Crippen molar-refractivity contribution in [3.8, 4) is 0 Å². The Morgan fingerprint density at radius 2 is 1.84 bits per heavy atom. The molecule has 0 fully saturated rings. The summed E-state index contributed by atoms with van der Waals surface area (Å²) in [5.74, 6) is 0.263. The quantitative estimate of drug-likeness (QED) is 0.731. The number of anilines is 1. The van der Waals surface area contributed by atoms with Crippen molar-refractivity contribution in [1.29, 1.82) is 0 Å². The van der Waals surface area contributed by atoms with Gasteiger partial charge in [0.05, 0.1) is 17.5 Å². The summed E-state index contributed by atoms with van der Waals surface area (Å²) in [6.45, 7) is 6.87. The van der Waals surface area contributed by atoms with Gasteiger partial charge in [0.15, 0.2) is 5.78 Å². The van der Waals surface area contributed by atoms with E-state index in [2.05, 4.69) is 42.1 Å². The zero-order chi connectivity index (χ0) is 17.8. The maximum atomic E-state index is 12.9. The molecule has 0 aliphatic carbocycles. The van der Waals surface area contributed by atoms with E-state index in [0.717, 1.165) is 25.2 Å². The van der Waals surface area contributed by atoms with Crippen molar-refractivity contribution in [2.45, 2.75) is 30.4 Å². The van der Waals surface area contributed by atoms with E-state index in [-0.39, 0.29) is 11.0 Å². The van der Waals surface area contributed by atoms with Crippen molar-refractivity contribution in [3.05, 3.63) is 59.1 Å². The smallest absolute Gasteiger partial charge is 0.152 e. The number of carbonyl (C=O) groups excluding carboxylic acids is 1. The molecule has 0 saturated carbocycles. The summed E-state index contributed by atoms with van der Waals surface area (Å²) >= 11 is 7.62. The SMILES string of the molecule is CCN(CC)N1CC(C(=O)Cc2ccc(Cl)cc2)Sc2ccccc21. The average Bonchev–Trinajstić information content (AvgIpc) is 2.64. The van der Waals surface area contributed by atoms with E-state index in [4.69, 9.17) is 11.6 Å². The zero-order valence-corrected chi connectivity index (χ0v) is 16.2. The summed E-state index contributed by atoms with van der Waals surface area (Å²) < 4.78 is 0. The van der Waals surface area contributed by atoms with Crippen LogP contribution in [0.2, 0.25) is 5.02 Å². The van der Waals surface area contributed by atoms with Crippen molar-refractivity contribution >= 4 is 34.8 Å². The number of fused-ring (bicyclic) bond motifs is 1. The Morgan fingerprint density at radius 3 is 2.52 bits per heavy atom. The topological polar surface area (TPSA) is 23.6 Å². The molecule has 0 spiro atoms. The third-order valence-electron chi connectivity index (χ3n) is 4.47. The van der Waals surface area contributed by atoms with Gasteiger partial charge in [0.25, 0.3) is 0 Å². The second kappa shape index (κ2) is 8.26. The highest BCUT2D eigenvalue weighted by Crippen LogP contribution is 2.39. The molecule has 132 valence electrons. The van der Waals surface area contributed by atoms with Gasteiger partial charge in [0, 0.05) is 29.4 Å². The lowest BCUT2D eigenvalue weighted by molar-refractivity contribution is -0.117. The molecule has 3 nitrogen and oxygen atoms in total. The monoisotopic (exact) mass is 374 g/mol. The second-order valence-corrected chi connectivity index (χ2v) is 7.75. The molecule has 1 unspecified atom stereocenters. The molecule has 0 saturated heterocycles. The largest absolute Gasteiger partial charge is 0.303 e. The highest BCUT2D eigenvalue weighted by atomic mass is 35.5. The van der Waals surface area contributed by atoms with Gasteiger partial charge in [0.1, 0.15) is 0 Å². The third kappa shape index (κ3) is 4.20. The van der Waals surface area contributed by atoms with Gasteiger partial charge in [-0.15, -0.1) is 11.8 Å². The van der Waals surface area contributed by atoms with Gasteiger partial charge in [-0.25, -0.2) is 5.01 Å². The van der Waals surface area contributed by atoms with Crippen LogP contribution in [0.25, 0.3) is 0 Å². The van der Waals surface area contributed by atoms with Crippen LogP contribution in [0.15, 0.2) is 53.4 Å². The molecular formula is C20H23ClN2OS. The van der Waals surface area contributed by atoms with Gasteiger partial charge in [-0.1, -0.05) is 49.7 Å². The fraction of sp³-hybridized carbons (Fsp3) is 0.350. The Kier molecular flexibility index (Phi) is 6.05. The molecule has 3 rings (SSSR count). The normalized spacial score (nSPS) is 16.8. The molecule has 1 heterocycles. The first-order chi connectivity index (χ1) is 12.1. The second-order valence-electron chi connectivity index (χ2n) is 6.06. The molecule has 0 amide bonds. The van der Waals surface area contributed by atoms with Gasteiger partial charge in [-0.05, 0) is 29.8 Å². The number of hydrogen-bond acceptors (Lipinski definition) is 4. The molecule has 25 heavy (non-hydrogen) atoms. The van der Waals surface area contributed by atoms with E-state index in [1.807, 2.05) is 30.3 Å². The van der Waals surface area contributed by atoms with Crippen LogP contribution >= 0.6 is 23.4 Å². The van der Waals surface area contributed by atoms with Gasteiger partial charge >= 0.3 is 0 Å². The van der Waals surface area contributed by atoms with Crippen LogP contribution in [-0.2, 0) is 11.2 Å². The summed E-state index contributed by atoms with van der Waals surface area (Å²) in [5.41, 5.74) is 2.22. The minimum Gasteiger partial charge on any atom is -0.303 e. The van der Waals surface area contributed by atoms with E-state index in [0.29, 0.717) is 11.4 Å². The Bertz CT molecular complexity index is 731. The van der Waals surface area contributed by atoms with Crippen molar-refractivity contribution < 1.29 is 4.79 Å². The van der Waals surface area contributed by atoms with Crippen LogP contribution in [0.5, 0.6) is 0 Å². The zero-order valence-electron chi connectivity index (χ0n) is 14.6. The predicted octanol–water partition coefficient (Wildman–Crippen LogP) is 4.69. The highest BCUT2D eigenvalue weighted by Gasteiger charge is 2.31. The Hall–Kier alpha value is -1.49. The summed E-state index contributed by atoms with van der Waals surface area (Å²) in [6, 6.07) is 15.9. The number of hydrazine groups is 1. The van der Waals surface area contributed by atoms with Crippen molar-refractivity contribution in [3.63, 3.8) is 0 Å².